The van der Waals surface area contributed by atoms with Crippen LogP contribution in [0.2, 0.25) is 0 Å². The Kier molecular flexibility index (Phi) is 11.9. The zero-order valence-corrected chi connectivity index (χ0v) is 24.5. The van der Waals surface area contributed by atoms with Crippen molar-refractivity contribution in [2.75, 3.05) is 13.1 Å². The summed E-state index contributed by atoms with van der Waals surface area (Å²) < 4.78 is 5.59. The highest BCUT2D eigenvalue weighted by molar-refractivity contribution is 5.91. The minimum Gasteiger partial charge on any atom is -0.459 e. The van der Waals surface area contributed by atoms with Crippen LogP contribution in [0.15, 0.2) is 60.7 Å². The Balaban J connectivity index is 1.71. The number of aliphatic hydroxyl groups is 1. The van der Waals surface area contributed by atoms with Crippen LogP contribution in [0, 0.1) is 0 Å². The number of aliphatic hydroxyl groups excluding tert-OH is 1. The number of carbonyl (C=O) groups excluding carboxylic acids is 4. The van der Waals surface area contributed by atoms with E-state index >= 15 is 0 Å². The quantitative estimate of drug-likeness (QED) is 0.225. The summed E-state index contributed by atoms with van der Waals surface area (Å²) in [7, 11) is 0. The van der Waals surface area contributed by atoms with Gasteiger partial charge in [0.2, 0.25) is 11.8 Å². The summed E-state index contributed by atoms with van der Waals surface area (Å²) in [4.78, 5) is 52.5. The third-order valence-corrected chi connectivity index (χ3v) is 6.88. The van der Waals surface area contributed by atoms with E-state index < -0.39 is 54.1 Å². The van der Waals surface area contributed by atoms with Crippen molar-refractivity contribution in [3.05, 3.63) is 71.8 Å². The first-order chi connectivity index (χ1) is 19.9. The predicted molar refractivity (Wildman–Crippen MR) is 158 cm³/mol. The highest BCUT2D eigenvalue weighted by Gasteiger charge is 2.37. The van der Waals surface area contributed by atoms with Gasteiger partial charge in [0.05, 0.1) is 18.6 Å². The molecule has 6 N–H and O–H groups in total. The number of primary amides is 1. The number of carbonyl (C=O) groups is 4. The Labute approximate surface area is 247 Å². The van der Waals surface area contributed by atoms with E-state index in [4.69, 9.17) is 10.5 Å². The van der Waals surface area contributed by atoms with Crippen LogP contribution in [0.25, 0.3) is 0 Å². The van der Waals surface area contributed by atoms with Crippen molar-refractivity contribution >= 4 is 23.8 Å². The topological polar surface area (TPSA) is 163 Å². The van der Waals surface area contributed by atoms with Crippen molar-refractivity contribution in [3.8, 4) is 0 Å². The van der Waals surface area contributed by atoms with Gasteiger partial charge in [-0.1, -0.05) is 60.7 Å². The van der Waals surface area contributed by atoms with Gasteiger partial charge in [-0.25, -0.2) is 4.79 Å². The van der Waals surface area contributed by atoms with Crippen LogP contribution >= 0.6 is 0 Å². The Bertz CT molecular complexity index is 1190. The van der Waals surface area contributed by atoms with Gasteiger partial charge in [-0.3, -0.25) is 19.3 Å². The van der Waals surface area contributed by atoms with Crippen LogP contribution in [0.1, 0.15) is 51.2 Å². The van der Waals surface area contributed by atoms with E-state index in [1.54, 1.807) is 0 Å². The zero-order chi connectivity index (χ0) is 30.7. The van der Waals surface area contributed by atoms with Gasteiger partial charge >= 0.3 is 12.0 Å². The molecule has 3 rings (SSSR count). The van der Waals surface area contributed by atoms with Crippen LogP contribution in [-0.4, -0.2) is 76.7 Å². The third-order valence-electron chi connectivity index (χ3n) is 6.88. The molecule has 1 fully saturated rings. The molecule has 0 aliphatic carbocycles. The second-order valence-corrected chi connectivity index (χ2v) is 11.6. The maximum atomic E-state index is 13.4. The molecular formula is C31H43N5O6. The molecule has 2 aromatic rings. The first-order valence-electron chi connectivity index (χ1n) is 14.3. The number of esters is 1. The monoisotopic (exact) mass is 581 g/mol. The maximum absolute atomic E-state index is 13.4. The zero-order valence-electron chi connectivity index (χ0n) is 24.5. The van der Waals surface area contributed by atoms with E-state index in [2.05, 4.69) is 16.0 Å². The average Bonchev–Trinajstić information content (AvgIpc) is 3.39. The Morgan fingerprint density at radius 2 is 1.62 bits per heavy atom. The van der Waals surface area contributed by atoms with Crippen molar-refractivity contribution < 1.29 is 29.0 Å². The van der Waals surface area contributed by atoms with Crippen molar-refractivity contribution in [1.29, 1.82) is 0 Å². The van der Waals surface area contributed by atoms with Gasteiger partial charge in [-0.05, 0) is 57.7 Å². The molecule has 4 atom stereocenters. The highest BCUT2D eigenvalue weighted by Crippen LogP contribution is 2.22. The van der Waals surface area contributed by atoms with Crippen LogP contribution in [0.4, 0.5) is 4.79 Å². The van der Waals surface area contributed by atoms with Crippen LogP contribution < -0.4 is 21.7 Å². The Morgan fingerprint density at radius 1 is 1.00 bits per heavy atom. The Morgan fingerprint density at radius 3 is 2.21 bits per heavy atom. The number of likely N-dealkylation sites (tertiary alicyclic amines) is 1. The molecule has 0 aromatic heterocycles. The SMILES string of the molecule is CC(C)(C)OC(=O)[C@@H]1CCCN1C[C@@H](O)[C@H](Cc1ccccc1)NC(=O)[C@H](CC(N)=O)NC(=O)NCc1ccccc1. The number of nitrogens with zero attached hydrogens (tertiary/aromatic N) is 1. The minimum absolute atomic E-state index is 0.118. The summed E-state index contributed by atoms with van der Waals surface area (Å²) in [6, 6.07) is 15.4. The molecule has 1 saturated heterocycles. The summed E-state index contributed by atoms with van der Waals surface area (Å²) in [5, 5.41) is 19.4. The first kappa shape index (κ1) is 32.6. The van der Waals surface area contributed by atoms with E-state index in [-0.39, 0.29) is 25.5 Å². The molecule has 1 heterocycles. The number of ether oxygens (including phenoxy) is 1. The fourth-order valence-electron chi connectivity index (χ4n) is 4.88. The summed E-state index contributed by atoms with van der Waals surface area (Å²) in [6.45, 7) is 6.37. The van der Waals surface area contributed by atoms with Crippen molar-refractivity contribution in [3.63, 3.8) is 0 Å². The summed E-state index contributed by atoms with van der Waals surface area (Å²) in [5.41, 5.74) is 6.49. The number of nitrogens with one attached hydrogen (secondary N) is 3. The molecule has 2 aromatic carbocycles. The molecule has 0 bridgehead atoms. The van der Waals surface area contributed by atoms with Gasteiger partial charge in [0, 0.05) is 13.1 Å². The standard InChI is InChI=1S/C31H43N5O6/c1-31(2,3)42-29(40)25-15-10-16-36(25)20-26(37)23(17-21-11-6-4-7-12-21)34-28(39)24(18-27(32)38)35-30(41)33-19-22-13-8-5-9-14-22/h4-9,11-14,23-26,37H,10,15-20H2,1-3H3,(H2,32,38)(H,34,39)(H2,33,35,41)/t23-,24-,25-,26+/m0/s1. The molecule has 1 aliphatic rings. The highest BCUT2D eigenvalue weighted by atomic mass is 16.6. The largest absolute Gasteiger partial charge is 0.459 e. The van der Waals surface area contributed by atoms with Crippen molar-refractivity contribution in [1.82, 2.24) is 20.9 Å². The molecular weight excluding hydrogens is 538 g/mol. The summed E-state index contributed by atoms with van der Waals surface area (Å²) in [6.07, 6.45) is 0.168. The number of β-amino-alcohol motifs (C(OH)–C–C–N with tert-alkyl or cyclic N) is 1. The molecule has 11 heteroatoms. The van der Waals surface area contributed by atoms with E-state index in [9.17, 15) is 24.3 Å². The minimum atomic E-state index is -1.26. The van der Waals surface area contributed by atoms with E-state index in [0.29, 0.717) is 13.0 Å². The van der Waals surface area contributed by atoms with Gasteiger partial charge in [0.15, 0.2) is 0 Å². The molecule has 228 valence electrons. The lowest BCUT2D eigenvalue weighted by Crippen LogP contribution is -2.57. The van der Waals surface area contributed by atoms with Gasteiger partial charge < -0.3 is 31.5 Å². The second kappa shape index (κ2) is 15.3. The summed E-state index contributed by atoms with van der Waals surface area (Å²) in [5.74, 6) is -1.77. The molecule has 42 heavy (non-hydrogen) atoms. The fraction of sp³-hybridized carbons (Fsp3) is 0.484. The molecule has 0 unspecified atom stereocenters. The third kappa shape index (κ3) is 10.8. The van der Waals surface area contributed by atoms with Crippen molar-refractivity contribution in [2.24, 2.45) is 5.73 Å². The first-order valence-corrected chi connectivity index (χ1v) is 14.3. The smallest absolute Gasteiger partial charge is 0.323 e. The number of hydrogen-bond acceptors (Lipinski definition) is 7. The van der Waals surface area contributed by atoms with Crippen LogP contribution in [0.5, 0.6) is 0 Å². The number of urea groups is 1. The van der Waals surface area contributed by atoms with Gasteiger partial charge in [0.1, 0.15) is 17.7 Å². The molecule has 1 aliphatic heterocycles. The number of benzene rings is 2. The van der Waals surface area contributed by atoms with Gasteiger partial charge in [-0.15, -0.1) is 0 Å². The normalized spacial score (nSPS) is 17.5. The molecule has 4 amide bonds. The number of nitrogens with two attached hydrogens (primary N) is 1. The van der Waals surface area contributed by atoms with Crippen LogP contribution in [0.3, 0.4) is 0 Å². The lowest BCUT2D eigenvalue weighted by molar-refractivity contribution is -0.160. The lowest BCUT2D eigenvalue weighted by Gasteiger charge is -2.32. The number of hydrogen-bond donors (Lipinski definition) is 5. The molecule has 11 nitrogen and oxygen atoms in total. The van der Waals surface area contributed by atoms with Gasteiger partial charge in [-0.2, -0.15) is 0 Å². The van der Waals surface area contributed by atoms with E-state index in [1.807, 2.05) is 86.3 Å². The molecule has 0 spiro atoms. The second-order valence-electron chi connectivity index (χ2n) is 11.6. The Hall–Kier alpha value is -3.96. The molecule has 0 saturated carbocycles. The predicted octanol–water partition coefficient (Wildman–Crippen LogP) is 1.62. The van der Waals surface area contributed by atoms with E-state index in [0.717, 1.165) is 17.5 Å². The number of amides is 4. The number of rotatable bonds is 13. The van der Waals surface area contributed by atoms with E-state index in [1.165, 1.54) is 0 Å². The fourth-order valence-corrected chi connectivity index (χ4v) is 4.88. The maximum Gasteiger partial charge on any atom is 0.323 e. The van der Waals surface area contributed by atoms with Gasteiger partial charge in [0.25, 0.3) is 0 Å². The molecule has 0 radical (unpaired) electrons. The summed E-state index contributed by atoms with van der Waals surface area (Å²) >= 11 is 0. The lowest BCUT2D eigenvalue weighted by atomic mass is 9.99. The van der Waals surface area contributed by atoms with Crippen molar-refractivity contribution in [2.45, 2.75) is 82.8 Å². The van der Waals surface area contributed by atoms with Crippen LogP contribution in [-0.2, 0) is 32.1 Å². The average molecular weight is 582 g/mol.